The summed E-state index contributed by atoms with van der Waals surface area (Å²) in [4.78, 5) is 5.86. The second-order valence-corrected chi connectivity index (χ2v) is 4.95. The third-order valence-electron chi connectivity index (χ3n) is 3.14. The Balaban J connectivity index is 1.94. The van der Waals surface area contributed by atoms with E-state index in [0.717, 1.165) is 24.6 Å². The zero-order valence-electron chi connectivity index (χ0n) is 11.9. The number of hydrogen-bond donors (Lipinski definition) is 1. The molecular weight excluding hydrogens is 256 g/mol. The molecule has 0 unspecified atom stereocenters. The predicted molar refractivity (Wildman–Crippen MR) is 75.1 cm³/mol. The molecule has 1 aromatic rings. The first-order chi connectivity index (χ1) is 9.70. The molecule has 1 saturated heterocycles. The van der Waals surface area contributed by atoms with Crippen LogP contribution in [0.15, 0.2) is 21.5 Å². The number of aliphatic imine (C=N–C) groups is 1. The van der Waals surface area contributed by atoms with Gasteiger partial charge in [-0.1, -0.05) is 13.8 Å². The fourth-order valence-corrected chi connectivity index (χ4v) is 2.01. The van der Waals surface area contributed by atoms with Crippen molar-refractivity contribution in [1.82, 2.24) is 10.2 Å². The number of guanidine groups is 1. The van der Waals surface area contributed by atoms with Crippen molar-refractivity contribution >= 4 is 5.96 Å². The van der Waals surface area contributed by atoms with Crippen LogP contribution in [0.5, 0.6) is 0 Å². The molecule has 1 aliphatic heterocycles. The Bertz CT molecular complexity index is 496. The molecule has 0 spiro atoms. The maximum atomic E-state index is 8.78. The van der Waals surface area contributed by atoms with Crippen LogP contribution in [-0.4, -0.2) is 37.2 Å². The average Bonchev–Trinajstić information content (AvgIpc) is 2.93. The quantitative estimate of drug-likeness (QED) is 0.516. The van der Waals surface area contributed by atoms with Crippen molar-refractivity contribution in [3.8, 4) is 6.19 Å². The first-order valence-electron chi connectivity index (χ1n) is 6.82. The largest absolute Gasteiger partial charge is 0.464 e. The number of nitrogens with one attached hydrogen (secondary N) is 1. The lowest BCUT2D eigenvalue weighted by atomic mass is 10.2. The van der Waals surface area contributed by atoms with E-state index in [9.17, 15) is 0 Å². The third-order valence-corrected chi connectivity index (χ3v) is 3.14. The maximum Gasteiger partial charge on any atom is 0.210 e. The van der Waals surface area contributed by atoms with Gasteiger partial charge >= 0.3 is 0 Å². The van der Waals surface area contributed by atoms with Gasteiger partial charge in [-0.05, 0) is 12.1 Å². The molecule has 0 saturated carbocycles. The minimum absolute atomic E-state index is 0.371. The van der Waals surface area contributed by atoms with Gasteiger partial charge in [0.05, 0.1) is 19.8 Å². The van der Waals surface area contributed by atoms with Crippen LogP contribution in [-0.2, 0) is 11.3 Å². The van der Waals surface area contributed by atoms with Crippen LogP contribution < -0.4 is 5.32 Å². The molecule has 1 aliphatic rings. The normalized spacial score (nSPS) is 16.3. The van der Waals surface area contributed by atoms with Crippen LogP contribution in [0.2, 0.25) is 0 Å². The number of ether oxygens (including phenoxy) is 1. The molecule has 6 heteroatoms. The van der Waals surface area contributed by atoms with Crippen molar-refractivity contribution in [2.45, 2.75) is 26.3 Å². The summed E-state index contributed by atoms with van der Waals surface area (Å²) >= 11 is 0. The van der Waals surface area contributed by atoms with Crippen LogP contribution in [0.3, 0.4) is 0 Å². The second kappa shape index (κ2) is 6.96. The topological polar surface area (TPSA) is 73.8 Å². The van der Waals surface area contributed by atoms with Crippen molar-refractivity contribution in [1.29, 1.82) is 5.26 Å². The average molecular weight is 276 g/mol. The van der Waals surface area contributed by atoms with Gasteiger partial charge in [-0.15, -0.1) is 4.99 Å². The van der Waals surface area contributed by atoms with Gasteiger partial charge in [0.25, 0.3) is 0 Å². The molecule has 1 aromatic heterocycles. The lowest BCUT2D eigenvalue weighted by Gasteiger charge is -2.29. The highest BCUT2D eigenvalue weighted by Gasteiger charge is 2.15. The first-order valence-corrected chi connectivity index (χ1v) is 6.82. The third kappa shape index (κ3) is 3.75. The van der Waals surface area contributed by atoms with Crippen LogP contribution >= 0.6 is 0 Å². The van der Waals surface area contributed by atoms with Crippen LogP contribution in [0.4, 0.5) is 0 Å². The molecule has 6 nitrogen and oxygen atoms in total. The standard InChI is InChI=1S/C14H20N4O2/c1-11(2)13-4-3-12(20-13)9-16-14(17-10-15)18-5-7-19-8-6-18/h3-4,11H,5-9H2,1-2H3,(H,16,17). The summed E-state index contributed by atoms with van der Waals surface area (Å²) in [6.45, 7) is 7.49. The highest BCUT2D eigenvalue weighted by molar-refractivity contribution is 5.80. The smallest absolute Gasteiger partial charge is 0.210 e. The Hall–Kier alpha value is -2.00. The lowest BCUT2D eigenvalue weighted by molar-refractivity contribution is 0.0665. The van der Waals surface area contributed by atoms with Crippen molar-refractivity contribution in [3.05, 3.63) is 23.7 Å². The summed E-state index contributed by atoms with van der Waals surface area (Å²) in [7, 11) is 0. The minimum atomic E-state index is 0.371. The van der Waals surface area contributed by atoms with E-state index in [1.165, 1.54) is 0 Å². The van der Waals surface area contributed by atoms with Gasteiger partial charge in [-0.25, -0.2) is 0 Å². The number of morpholine rings is 1. The SMILES string of the molecule is CC(C)c1ccc(CN/C(=N\C#N)N2CCOCC2)o1. The molecule has 0 bridgehead atoms. The zero-order valence-corrected chi connectivity index (χ0v) is 11.9. The molecule has 20 heavy (non-hydrogen) atoms. The van der Waals surface area contributed by atoms with E-state index in [1.54, 1.807) is 0 Å². The molecule has 0 amide bonds. The van der Waals surface area contributed by atoms with Gasteiger partial charge in [-0.2, -0.15) is 5.26 Å². The molecule has 108 valence electrons. The molecule has 0 aliphatic carbocycles. The fourth-order valence-electron chi connectivity index (χ4n) is 2.01. The highest BCUT2D eigenvalue weighted by Crippen LogP contribution is 2.17. The molecular formula is C14H20N4O2. The van der Waals surface area contributed by atoms with E-state index < -0.39 is 0 Å². The van der Waals surface area contributed by atoms with Gasteiger partial charge in [0.1, 0.15) is 11.5 Å². The highest BCUT2D eigenvalue weighted by atomic mass is 16.5. The van der Waals surface area contributed by atoms with Crippen molar-refractivity contribution in [2.75, 3.05) is 26.3 Å². The molecule has 2 rings (SSSR count). The fraction of sp³-hybridized carbons (Fsp3) is 0.571. The minimum Gasteiger partial charge on any atom is -0.464 e. The summed E-state index contributed by atoms with van der Waals surface area (Å²) in [5.74, 6) is 2.76. The Labute approximate surface area is 119 Å². The van der Waals surface area contributed by atoms with Gasteiger partial charge in [0.2, 0.25) is 12.2 Å². The lowest BCUT2D eigenvalue weighted by Crippen LogP contribution is -2.46. The number of furan rings is 1. The van der Waals surface area contributed by atoms with Gasteiger partial charge in [0, 0.05) is 19.0 Å². The summed E-state index contributed by atoms with van der Waals surface area (Å²) < 4.78 is 11.0. The van der Waals surface area contributed by atoms with E-state index in [0.29, 0.717) is 31.6 Å². The second-order valence-electron chi connectivity index (χ2n) is 4.95. The molecule has 0 atom stereocenters. The molecule has 0 radical (unpaired) electrons. The Morgan fingerprint density at radius 2 is 2.20 bits per heavy atom. The van der Waals surface area contributed by atoms with Gasteiger partial charge in [0.15, 0.2) is 0 Å². The maximum absolute atomic E-state index is 8.78. The van der Waals surface area contributed by atoms with Gasteiger partial charge < -0.3 is 19.4 Å². The number of nitrogens with zero attached hydrogens (tertiary/aromatic N) is 3. The Kier molecular flexibility index (Phi) is 5.02. The predicted octanol–water partition coefficient (Wildman–Crippen LogP) is 1.66. The molecule has 0 aromatic carbocycles. The van der Waals surface area contributed by atoms with Gasteiger partial charge in [-0.3, -0.25) is 0 Å². The number of hydrogen-bond acceptors (Lipinski definition) is 4. The van der Waals surface area contributed by atoms with Crippen molar-refractivity contribution in [2.24, 2.45) is 4.99 Å². The van der Waals surface area contributed by atoms with E-state index >= 15 is 0 Å². The van der Waals surface area contributed by atoms with Crippen molar-refractivity contribution in [3.63, 3.8) is 0 Å². The van der Waals surface area contributed by atoms with E-state index in [-0.39, 0.29) is 0 Å². The summed E-state index contributed by atoms with van der Waals surface area (Å²) in [6.07, 6.45) is 1.84. The molecule has 1 N–H and O–H groups in total. The van der Waals surface area contributed by atoms with E-state index in [4.69, 9.17) is 14.4 Å². The Morgan fingerprint density at radius 3 is 2.80 bits per heavy atom. The van der Waals surface area contributed by atoms with E-state index in [1.807, 2.05) is 23.2 Å². The zero-order chi connectivity index (χ0) is 14.4. The molecule has 1 fully saturated rings. The van der Waals surface area contributed by atoms with Crippen LogP contribution in [0, 0.1) is 11.5 Å². The monoisotopic (exact) mass is 276 g/mol. The Morgan fingerprint density at radius 1 is 1.45 bits per heavy atom. The summed E-state index contributed by atoms with van der Waals surface area (Å²) in [5, 5.41) is 11.9. The van der Waals surface area contributed by atoms with Crippen LogP contribution in [0.1, 0.15) is 31.3 Å². The van der Waals surface area contributed by atoms with E-state index in [2.05, 4.69) is 24.2 Å². The number of nitriles is 1. The number of rotatable bonds is 3. The summed E-state index contributed by atoms with van der Waals surface area (Å²) in [6, 6.07) is 3.93. The van der Waals surface area contributed by atoms with Crippen molar-refractivity contribution < 1.29 is 9.15 Å². The molecule has 2 heterocycles. The first kappa shape index (κ1) is 14.4. The summed E-state index contributed by atoms with van der Waals surface area (Å²) in [5.41, 5.74) is 0. The van der Waals surface area contributed by atoms with Crippen LogP contribution in [0.25, 0.3) is 0 Å².